The van der Waals surface area contributed by atoms with Crippen molar-refractivity contribution in [3.63, 3.8) is 0 Å². The average molecular weight is 578 g/mol. The van der Waals surface area contributed by atoms with Crippen LogP contribution in [-0.2, 0) is 47.4 Å². The Kier molecular flexibility index (Phi) is 25.6. The monoisotopic (exact) mass is 577 g/mol. The lowest BCUT2D eigenvalue weighted by molar-refractivity contribution is -0.138. The molecule has 1 rings (SSSR count). The van der Waals surface area contributed by atoms with Crippen molar-refractivity contribution in [1.29, 1.82) is 0 Å². The molecule has 1 aromatic rings. The number of hydrogen-bond acceptors (Lipinski definition) is 12. The van der Waals surface area contributed by atoms with Crippen molar-refractivity contribution in [2.75, 3.05) is 131 Å². The number of hydrogen-bond donors (Lipinski definition) is 2. The van der Waals surface area contributed by atoms with E-state index in [1.54, 1.807) is 6.07 Å². The summed E-state index contributed by atoms with van der Waals surface area (Å²) in [7, 11) is 0. The minimum Gasteiger partial charge on any atom is -0.489 e. The molecule has 0 heterocycles. The molecule has 13 nitrogen and oxygen atoms in total. The Bertz CT molecular complexity index is 697. The molecule has 0 saturated heterocycles. The highest BCUT2D eigenvalue weighted by Crippen LogP contribution is 2.19. The molecule has 0 unspecified atom stereocenters. The third-order valence-electron chi connectivity index (χ3n) is 4.84. The van der Waals surface area contributed by atoms with E-state index in [0.29, 0.717) is 130 Å². The van der Waals surface area contributed by atoms with Crippen LogP contribution in [0.2, 0.25) is 0 Å². The standard InChI is InChI=1S/C27H47NO12/c28-25-3-1-2-4-26(25)40-24-23-39-22-21-38-20-19-37-18-17-36-16-15-35-14-13-34-12-11-33-10-9-32-8-7-31-6-5-27(29)30/h1-4H,5-24,28H2,(H,29,30). The number of aliphatic carboxylic acids is 1. The normalized spacial score (nSPS) is 11.2. The molecule has 0 aliphatic rings. The van der Waals surface area contributed by atoms with Crippen molar-refractivity contribution < 1.29 is 57.3 Å². The summed E-state index contributed by atoms with van der Waals surface area (Å²) in [4.78, 5) is 10.3. The third kappa shape index (κ3) is 24.9. The summed E-state index contributed by atoms with van der Waals surface area (Å²) < 4.78 is 54.0. The molecule has 0 fully saturated rings. The van der Waals surface area contributed by atoms with Gasteiger partial charge in [-0.25, -0.2) is 0 Å². The second-order valence-corrected chi connectivity index (χ2v) is 8.04. The van der Waals surface area contributed by atoms with Gasteiger partial charge in [0.15, 0.2) is 0 Å². The van der Waals surface area contributed by atoms with E-state index in [0.717, 1.165) is 0 Å². The Morgan fingerprint density at radius 3 is 1.12 bits per heavy atom. The fourth-order valence-electron chi connectivity index (χ4n) is 2.84. The molecule has 1 aromatic carbocycles. The van der Waals surface area contributed by atoms with Crippen LogP contribution in [-0.4, -0.2) is 137 Å². The molecule has 0 bridgehead atoms. The first-order chi connectivity index (χ1) is 19.7. The molecule has 40 heavy (non-hydrogen) atoms. The maximum absolute atomic E-state index is 10.3. The van der Waals surface area contributed by atoms with Crippen molar-refractivity contribution in [3.8, 4) is 5.75 Å². The molecule has 0 saturated carbocycles. The van der Waals surface area contributed by atoms with Gasteiger partial charge in [-0.3, -0.25) is 4.79 Å². The van der Waals surface area contributed by atoms with Gasteiger partial charge in [-0.15, -0.1) is 0 Å². The van der Waals surface area contributed by atoms with Crippen LogP contribution < -0.4 is 10.5 Å². The van der Waals surface area contributed by atoms with Gasteiger partial charge in [-0.1, -0.05) is 12.1 Å². The molecule has 0 atom stereocenters. The van der Waals surface area contributed by atoms with Crippen LogP contribution in [0.4, 0.5) is 5.69 Å². The zero-order chi connectivity index (χ0) is 28.8. The Balaban J connectivity index is 1.65. The number of rotatable bonds is 31. The van der Waals surface area contributed by atoms with Crippen molar-refractivity contribution in [2.24, 2.45) is 0 Å². The van der Waals surface area contributed by atoms with E-state index in [1.807, 2.05) is 18.2 Å². The first kappa shape index (κ1) is 36.0. The number of benzene rings is 1. The molecule has 0 amide bonds. The molecule has 3 N–H and O–H groups in total. The topological polar surface area (TPSA) is 156 Å². The number of carbonyl (C=O) groups is 1. The Labute approximate surface area is 237 Å². The average Bonchev–Trinajstić information content (AvgIpc) is 2.95. The van der Waals surface area contributed by atoms with Gasteiger partial charge >= 0.3 is 5.97 Å². The number of para-hydroxylation sites is 2. The molecular formula is C27H47NO12. The maximum Gasteiger partial charge on any atom is 0.305 e. The lowest BCUT2D eigenvalue weighted by Gasteiger charge is -2.09. The zero-order valence-electron chi connectivity index (χ0n) is 23.5. The molecule has 0 aromatic heterocycles. The van der Waals surface area contributed by atoms with Gasteiger partial charge in [0.05, 0.1) is 131 Å². The van der Waals surface area contributed by atoms with E-state index in [4.69, 9.17) is 58.2 Å². The van der Waals surface area contributed by atoms with Crippen LogP contribution in [0.3, 0.4) is 0 Å². The minimum absolute atomic E-state index is 0.00164. The van der Waals surface area contributed by atoms with Crippen LogP contribution in [0.1, 0.15) is 6.42 Å². The lowest BCUT2D eigenvalue weighted by Crippen LogP contribution is -2.15. The molecule has 0 radical (unpaired) electrons. The highest BCUT2D eigenvalue weighted by atomic mass is 16.6. The van der Waals surface area contributed by atoms with Gasteiger partial charge < -0.3 is 58.2 Å². The van der Waals surface area contributed by atoms with Gasteiger partial charge in [-0.05, 0) is 12.1 Å². The fraction of sp³-hybridized carbons (Fsp3) is 0.741. The molecule has 0 aliphatic carbocycles. The van der Waals surface area contributed by atoms with Crippen molar-refractivity contribution >= 4 is 11.7 Å². The summed E-state index contributed by atoms with van der Waals surface area (Å²) in [6.45, 7) is 8.64. The quantitative estimate of drug-likeness (QED) is 0.0962. The lowest BCUT2D eigenvalue weighted by atomic mass is 10.3. The van der Waals surface area contributed by atoms with E-state index >= 15 is 0 Å². The van der Waals surface area contributed by atoms with Crippen molar-refractivity contribution in [3.05, 3.63) is 24.3 Å². The summed E-state index contributed by atoms with van der Waals surface area (Å²) in [5, 5.41) is 8.47. The number of carboxylic acid groups (broad SMARTS) is 1. The van der Waals surface area contributed by atoms with E-state index in [9.17, 15) is 4.79 Å². The van der Waals surface area contributed by atoms with Gasteiger partial charge in [0.2, 0.25) is 0 Å². The van der Waals surface area contributed by atoms with Gasteiger partial charge in [0, 0.05) is 0 Å². The Morgan fingerprint density at radius 2 is 0.800 bits per heavy atom. The second kappa shape index (κ2) is 28.5. The molecule has 0 aliphatic heterocycles. The summed E-state index contributed by atoms with van der Waals surface area (Å²) >= 11 is 0. The summed E-state index contributed by atoms with van der Waals surface area (Å²) in [6, 6.07) is 7.36. The van der Waals surface area contributed by atoms with Crippen LogP contribution in [0.5, 0.6) is 5.75 Å². The molecule has 13 heteroatoms. The molecule has 232 valence electrons. The first-order valence-electron chi connectivity index (χ1n) is 13.6. The maximum atomic E-state index is 10.3. The number of carboxylic acids is 1. The largest absolute Gasteiger partial charge is 0.489 e. The number of nitrogens with two attached hydrogens (primary N) is 1. The Hall–Kier alpha value is -2.07. The van der Waals surface area contributed by atoms with Gasteiger partial charge in [0.25, 0.3) is 0 Å². The van der Waals surface area contributed by atoms with E-state index in [1.165, 1.54) is 0 Å². The number of nitrogen functional groups attached to an aromatic ring is 1. The van der Waals surface area contributed by atoms with E-state index in [2.05, 4.69) is 0 Å². The van der Waals surface area contributed by atoms with Crippen molar-refractivity contribution in [2.45, 2.75) is 6.42 Å². The van der Waals surface area contributed by atoms with Gasteiger partial charge in [-0.2, -0.15) is 0 Å². The predicted octanol–water partition coefficient (Wildman–Crippen LogP) is 1.27. The van der Waals surface area contributed by atoms with Crippen molar-refractivity contribution in [1.82, 2.24) is 0 Å². The second-order valence-electron chi connectivity index (χ2n) is 8.04. The van der Waals surface area contributed by atoms with Crippen LogP contribution >= 0.6 is 0 Å². The van der Waals surface area contributed by atoms with Gasteiger partial charge in [0.1, 0.15) is 12.4 Å². The third-order valence-corrected chi connectivity index (χ3v) is 4.84. The summed E-state index contributed by atoms with van der Waals surface area (Å²) in [5.41, 5.74) is 6.42. The number of anilines is 1. The SMILES string of the molecule is Nc1ccccc1OCCOCCOCCOCCOCCOCCOCCOCCOCCOCCC(=O)O. The number of ether oxygens (including phenoxy) is 10. The zero-order valence-corrected chi connectivity index (χ0v) is 23.5. The first-order valence-corrected chi connectivity index (χ1v) is 13.6. The fourth-order valence-corrected chi connectivity index (χ4v) is 2.84. The van der Waals surface area contributed by atoms with Crippen LogP contribution in [0.25, 0.3) is 0 Å². The highest BCUT2D eigenvalue weighted by Gasteiger charge is 1.99. The van der Waals surface area contributed by atoms with Crippen LogP contribution in [0, 0.1) is 0 Å². The highest BCUT2D eigenvalue weighted by molar-refractivity contribution is 5.66. The predicted molar refractivity (Wildman–Crippen MR) is 146 cm³/mol. The van der Waals surface area contributed by atoms with E-state index in [-0.39, 0.29) is 13.0 Å². The minimum atomic E-state index is -0.874. The summed E-state index contributed by atoms with van der Waals surface area (Å²) in [5.74, 6) is -0.210. The summed E-state index contributed by atoms with van der Waals surface area (Å²) in [6.07, 6.45) is -0.00164. The molecule has 0 spiro atoms. The smallest absolute Gasteiger partial charge is 0.305 e. The van der Waals surface area contributed by atoms with E-state index < -0.39 is 5.97 Å². The Morgan fingerprint density at radius 1 is 0.500 bits per heavy atom. The van der Waals surface area contributed by atoms with Crippen LogP contribution in [0.15, 0.2) is 24.3 Å². The molecular weight excluding hydrogens is 530 g/mol.